The highest BCUT2D eigenvalue weighted by molar-refractivity contribution is 6.37. The van der Waals surface area contributed by atoms with Crippen LogP contribution >= 0.6 is 11.6 Å². The smallest absolute Gasteiger partial charge is 0.417 e. The van der Waals surface area contributed by atoms with Crippen LogP contribution < -0.4 is 0 Å². The average Bonchev–Trinajstić information content (AvgIpc) is 3.10. The van der Waals surface area contributed by atoms with Gasteiger partial charge in [-0.2, -0.15) is 13.2 Å². The summed E-state index contributed by atoms with van der Waals surface area (Å²) in [4.78, 5) is 25.7. The number of hydrogen-bond donors (Lipinski definition) is 1. The molecule has 1 amide bonds. The first-order chi connectivity index (χ1) is 16.0. The summed E-state index contributed by atoms with van der Waals surface area (Å²) >= 11 is 6.16. The number of aromatic nitrogens is 4. The first-order valence-corrected chi connectivity index (χ1v) is 10.1. The molecule has 2 aliphatic rings. The Labute approximate surface area is 192 Å². The minimum atomic E-state index is -4.85. The molecular formula is C20H12ClF5N6O2. The number of rotatable bonds is 2. The fourth-order valence-corrected chi connectivity index (χ4v) is 4.03. The maximum atomic E-state index is 14.6. The Hall–Kier alpha value is -3.61. The molecule has 34 heavy (non-hydrogen) atoms. The molecule has 2 aromatic heterocycles. The van der Waals surface area contributed by atoms with E-state index in [4.69, 9.17) is 11.6 Å². The van der Waals surface area contributed by atoms with Gasteiger partial charge in [0.05, 0.1) is 41.6 Å². The number of nitrogens with zero attached hydrogens (tertiary/aromatic N) is 6. The predicted molar refractivity (Wildman–Crippen MR) is 107 cm³/mol. The van der Waals surface area contributed by atoms with Gasteiger partial charge in [0.15, 0.2) is 11.6 Å². The van der Waals surface area contributed by atoms with Crippen molar-refractivity contribution in [1.82, 2.24) is 24.6 Å². The topological polar surface area (TPSA) is 96.5 Å². The molecule has 2 aliphatic heterocycles. The lowest BCUT2D eigenvalue weighted by molar-refractivity contribution is -0.137. The minimum absolute atomic E-state index is 0.0494. The number of carbonyl (C=O) groups is 1. The fourth-order valence-electron chi connectivity index (χ4n) is 3.67. The number of likely N-dealkylation sites (tertiary alicyclic amines) is 1. The van der Waals surface area contributed by atoms with Crippen LogP contribution in [0.15, 0.2) is 29.3 Å². The third-order valence-corrected chi connectivity index (χ3v) is 5.71. The molecule has 1 fully saturated rings. The lowest BCUT2D eigenvalue weighted by atomic mass is 10.0. The molecule has 3 aromatic rings. The van der Waals surface area contributed by atoms with Crippen LogP contribution in [0.3, 0.4) is 0 Å². The van der Waals surface area contributed by atoms with Crippen molar-refractivity contribution in [3.8, 4) is 11.6 Å². The van der Waals surface area contributed by atoms with Gasteiger partial charge in [0.25, 0.3) is 5.91 Å². The van der Waals surface area contributed by atoms with Gasteiger partial charge in [-0.1, -0.05) is 11.6 Å². The largest absolute Gasteiger partial charge is 0.493 e. The molecular weight excluding hydrogens is 487 g/mol. The molecule has 0 unspecified atom stereocenters. The van der Waals surface area contributed by atoms with E-state index in [-0.39, 0.29) is 48.2 Å². The normalized spacial score (nSPS) is 15.8. The number of pyridine rings is 1. The van der Waals surface area contributed by atoms with Crippen molar-refractivity contribution >= 4 is 23.2 Å². The Morgan fingerprint density at radius 3 is 2.56 bits per heavy atom. The highest BCUT2D eigenvalue weighted by atomic mass is 35.5. The van der Waals surface area contributed by atoms with Crippen LogP contribution in [0.25, 0.3) is 5.69 Å². The third kappa shape index (κ3) is 3.56. The number of benzene rings is 1. The Balaban J connectivity index is 1.71. The fraction of sp³-hybridized carbons (Fsp3) is 0.250. The van der Waals surface area contributed by atoms with Crippen LogP contribution in [0.5, 0.6) is 5.88 Å². The second-order valence-corrected chi connectivity index (χ2v) is 7.93. The summed E-state index contributed by atoms with van der Waals surface area (Å²) in [7, 11) is 0. The van der Waals surface area contributed by atoms with Crippen LogP contribution in [-0.4, -0.2) is 60.6 Å². The standard InChI is InChI=1S/C20H12ClF5N6O2/c21-15-9(20(24,25)26)1-3-11-14(15)17(16-10(23)2-4-13(33)29-16)27-5-12-28-18(30-32(11)12)19(34)31-6-8(22)7-31/h1-4,8H,5-7H2,(H,29,33). The van der Waals surface area contributed by atoms with E-state index in [9.17, 15) is 31.9 Å². The maximum Gasteiger partial charge on any atom is 0.417 e. The highest BCUT2D eigenvalue weighted by Crippen LogP contribution is 2.40. The molecule has 0 saturated carbocycles. The molecule has 1 aromatic carbocycles. The molecule has 14 heteroatoms. The Morgan fingerprint density at radius 1 is 1.15 bits per heavy atom. The van der Waals surface area contributed by atoms with E-state index in [1.807, 2.05) is 0 Å². The molecule has 0 atom stereocenters. The zero-order chi connectivity index (χ0) is 24.4. The monoisotopic (exact) mass is 498 g/mol. The van der Waals surface area contributed by atoms with Crippen LogP contribution in [0, 0.1) is 5.82 Å². The summed E-state index contributed by atoms with van der Waals surface area (Å²) in [6.45, 7) is -0.569. The van der Waals surface area contributed by atoms with Gasteiger partial charge in [-0.05, 0) is 18.2 Å². The van der Waals surface area contributed by atoms with E-state index in [1.165, 1.54) is 4.90 Å². The van der Waals surface area contributed by atoms with Gasteiger partial charge >= 0.3 is 6.18 Å². The second-order valence-electron chi connectivity index (χ2n) is 7.55. The molecule has 0 radical (unpaired) electrons. The quantitative estimate of drug-likeness (QED) is 0.547. The van der Waals surface area contributed by atoms with Crippen molar-refractivity contribution in [2.24, 2.45) is 4.99 Å². The molecule has 0 aliphatic carbocycles. The third-order valence-electron chi connectivity index (χ3n) is 5.31. The first kappa shape index (κ1) is 22.2. The Bertz CT molecular complexity index is 1370. The number of halogens is 6. The van der Waals surface area contributed by atoms with Crippen molar-refractivity contribution in [3.63, 3.8) is 0 Å². The van der Waals surface area contributed by atoms with Gasteiger partial charge in [0, 0.05) is 11.6 Å². The van der Waals surface area contributed by atoms with Crippen LogP contribution in [0.4, 0.5) is 22.0 Å². The number of carbonyl (C=O) groups excluding carboxylic acids is 1. The van der Waals surface area contributed by atoms with E-state index in [2.05, 4.69) is 20.1 Å². The zero-order valence-electron chi connectivity index (χ0n) is 16.8. The molecule has 8 nitrogen and oxygen atoms in total. The van der Waals surface area contributed by atoms with Crippen molar-refractivity contribution in [2.45, 2.75) is 18.9 Å². The minimum Gasteiger partial charge on any atom is -0.493 e. The van der Waals surface area contributed by atoms with Crippen molar-refractivity contribution < 1.29 is 31.9 Å². The number of hydrogen-bond acceptors (Lipinski definition) is 6. The van der Waals surface area contributed by atoms with E-state index in [0.29, 0.717) is 6.07 Å². The van der Waals surface area contributed by atoms with Gasteiger partial charge in [-0.3, -0.25) is 9.79 Å². The number of aromatic hydroxyl groups is 1. The Kier molecular flexibility index (Phi) is 5.04. The van der Waals surface area contributed by atoms with Crippen molar-refractivity contribution in [1.29, 1.82) is 0 Å². The predicted octanol–water partition coefficient (Wildman–Crippen LogP) is 3.32. The maximum absolute atomic E-state index is 14.6. The van der Waals surface area contributed by atoms with E-state index < -0.39 is 46.2 Å². The molecule has 1 saturated heterocycles. The molecule has 0 bridgehead atoms. The van der Waals surface area contributed by atoms with Crippen molar-refractivity contribution in [2.75, 3.05) is 13.1 Å². The Morgan fingerprint density at radius 2 is 1.88 bits per heavy atom. The summed E-state index contributed by atoms with van der Waals surface area (Å²) in [6.07, 6.45) is -6.00. The zero-order valence-corrected chi connectivity index (χ0v) is 17.6. The van der Waals surface area contributed by atoms with Crippen LogP contribution in [0.2, 0.25) is 5.02 Å². The summed E-state index contributed by atoms with van der Waals surface area (Å²) < 4.78 is 69.6. The lowest BCUT2D eigenvalue weighted by Gasteiger charge is -2.33. The lowest BCUT2D eigenvalue weighted by Crippen LogP contribution is -2.51. The van der Waals surface area contributed by atoms with Crippen LogP contribution in [-0.2, 0) is 12.7 Å². The average molecular weight is 499 g/mol. The number of alkyl halides is 4. The summed E-state index contributed by atoms with van der Waals surface area (Å²) in [5.74, 6) is -2.45. The van der Waals surface area contributed by atoms with E-state index in [0.717, 1.165) is 22.9 Å². The van der Waals surface area contributed by atoms with Crippen molar-refractivity contribution in [3.05, 3.63) is 63.6 Å². The van der Waals surface area contributed by atoms with Crippen LogP contribution in [0.1, 0.15) is 33.3 Å². The second kappa shape index (κ2) is 7.72. The summed E-state index contributed by atoms with van der Waals surface area (Å²) in [5, 5.41) is 13.0. The van der Waals surface area contributed by atoms with Gasteiger partial charge in [0.2, 0.25) is 11.7 Å². The number of amides is 1. The molecule has 5 rings (SSSR count). The van der Waals surface area contributed by atoms with Gasteiger partial charge in [-0.25, -0.2) is 23.4 Å². The molecule has 0 spiro atoms. The number of aliphatic imine (C=N–C) groups is 1. The van der Waals surface area contributed by atoms with Gasteiger partial charge < -0.3 is 10.0 Å². The van der Waals surface area contributed by atoms with E-state index >= 15 is 0 Å². The molecule has 4 heterocycles. The van der Waals surface area contributed by atoms with Gasteiger partial charge in [-0.15, -0.1) is 5.10 Å². The number of fused-ring (bicyclic) bond motifs is 3. The van der Waals surface area contributed by atoms with Gasteiger partial charge in [0.1, 0.15) is 11.9 Å². The molecule has 1 N–H and O–H groups in total. The summed E-state index contributed by atoms with van der Waals surface area (Å²) in [6, 6.07) is 3.60. The highest BCUT2D eigenvalue weighted by Gasteiger charge is 2.38. The molecule has 176 valence electrons. The first-order valence-electron chi connectivity index (χ1n) is 9.74. The SMILES string of the molecule is O=C(c1nc2n(n1)-c1ccc(C(F)(F)F)c(Cl)c1C(c1nc(O)ccc1F)=NC2)N1CC(F)C1. The van der Waals surface area contributed by atoms with E-state index in [1.54, 1.807) is 0 Å². The summed E-state index contributed by atoms with van der Waals surface area (Å²) in [5.41, 5.74) is -2.52.